The average molecular weight is 170 g/mol. The fourth-order valence-electron chi connectivity index (χ4n) is 0.861. The van der Waals surface area contributed by atoms with Crippen molar-refractivity contribution >= 4 is 0 Å². The van der Waals surface area contributed by atoms with Crippen molar-refractivity contribution in [1.82, 2.24) is 0 Å². The Kier molecular flexibility index (Phi) is 5.23. The molecule has 0 spiro atoms. The molecule has 0 saturated carbocycles. The van der Waals surface area contributed by atoms with Gasteiger partial charge in [0.2, 0.25) is 0 Å². The van der Waals surface area contributed by atoms with Gasteiger partial charge in [-0.05, 0) is 18.3 Å². The minimum Gasteiger partial charge on any atom is -0.388 e. The van der Waals surface area contributed by atoms with Crippen molar-refractivity contribution in [3.05, 3.63) is 12.2 Å². The molecule has 0 radical (unpaired) electrons. The van der Waals surface area contributed by atoms with Crippen molar-refractivity contribution in [3.63, 3.8) is 0 Å². The van der Waals surface area contributed by atoms with E-state index in [4.69, 9.17) is 0 Å². The number of unbranched alkanes of at least 4 members (excludes halogenated alkanes) is 1. The molecular weight excluding hydrogens is 148 g/mol. The van der Waals surface area contributed by atoms with Gasteiger partial charge < -0.3 is 5.11 Å². The van der Waals surface area contributed by atoms with Gasteiger partial charge in [0.25, 0.3) is 0 Å². The first-order valence-electron chi connectivity index (χ1n) is 4.89. The van der Waals surface area contributed by atoms with Crippen LogP contribution in [-0.4, -0.2) is 11.2 Å². The molecule has 0 heterocycles. The first-order chi connectivity index (χ1) is 5.54. The van der Waals surface area contributed by atoms with Gasteiger partial charge in [-0.25, -0.2) is 0 Å². The molecule has 0 aromatic rings. The van der Waals surface area contributed by atoms with Crippen LogP contribution in [0.4, 0.5) is 0 Å². The lowest BCUT2D eigenvalue weighted by Crippen LogP contribution is -2.26. The van der Waals surface area contributed by atoms with Crippen molar-refractivity contribution in [1.29, 1.82) is 0 Å². The summed E-state index contributed by atoms with van der Waals surface area (Å²) in [6.45, 7) is 8.43. The Balaban J connectivity index is 3.93. The fraction of sp³-hybridized carbons (Fsp3) is 0.818. The molecule has 0 aromatic carbocycles. The van der Waals surface area contributed by atoms with E-state index in [-0.39, 0.29) is 11.5 Å². The second-order valence-corrected chi connectivity index (χ2v) is 4.00. The minimum atomic E-state index is -0.297. The number of aliphatic hydroxyl groups is 1. The molecule has 1 heteroatoms. The van der Waals surface area contributed by atoms with Gasteiger partial charge >= 0.3 is 0 Å². The van der Waals surface area contributed by atoms with Crippen LogP contribution in [0.15, 0.2) is 12.2 Å². The SMILES string of the molecule is CCC/C=C/C(O)C(C)(C)CC. The third-order valence-electron chi connectivity index (χ3n) is 2.49. The summed E-state index contributed by atoms with van der Waals surface area (Å²) in [5.41, 5.74) is 0.0181. The highest BCUT2D eigenvalue weighted by molar-refractivity contribution is 4.95. The van der Waals surface area contributed by atoms with Crippen LogP contribution in [-0.2, 0) is 0 Å². The zero-order valence-corrected chi connectivity index (χ0v) is 8.80. The maximum Gasteiger partial charge on any atom is 0.0771 e. The number of allylic oxidation sites excluding steroid dienone is 1. The summed E-state index contributed by atoms with van der Waals surface area (Å²) in [4.78, 5) is 0. The normalized spacial score (nSPS) is 15.4. The van der Waals surface area contributed by atoms with E-state index in [1.165, 1.54) is 0 Å². The molecule has 0 aromatic heterocycles. The van der Waals surface area contributed by atoms with Crippen molar-refractivity contribution in [2.75, 3.05) is 0 Å². The number of rotatable bonds is 5. The van der Waals surface area contributed by atoms with E-state index in [1.54, 1.807) is 0 Å². The highest BCUT2D eigenvalue weighted by Gasteiger charge is 2.22. The molecule has 0 amide bonds. The molecule has 0 saturated heterocycles. The summed E-state index contributed by atoms with van der Waals surface area (Å²) >= 11 is 0. The Morgan fingerprint density at radius 1 is 1.33 bits per heavy atom. The number of hydrogen-bond acceptors (Lipinski definition) is 1. The van der Waals surface area contributed by atoms with Crippen LogP contribution in [0.5, 0.6) is 0 Å². The number of hydrogen-bond donors (Lipinski definition) is 1. The van der Waals surface area contributed by atoms with Crippen molar-refractivity contribution in [2.45, 2.75) is 53.1 Å². The number of aliphatic hydroxyl groups excluding tert-OH is 1. The van der Waals surface area contributed by atoms with Crippen LogP contribution in [0.25, 0.3) is 0 Å². The summed E-state index contributed by atoms with van der Waals surface area (Å²) in [5, 5.41) is 9.72. The van der Waals surface area contributed by atoms with E-state index in [9.17, 15) is 5.11 Å². The van der Waals surface area contributed by atoms with Crippen LogP contribution in [0, 0.1) is 5.41 Å². The van der Waals surface area contributed by atoms with Gasteiger partial charge in [0.15, 0.2) is 0 Å². The first kappa shape index (κ1) is 11.7. The maximum atomic E-state index is 9.72. The molecule has 0 bridgehead atoms. The van der Waals surface area contributed by atoms with E-state index in [1.807, 2.05) is 6.08 Å². The molecule has 1 N–H and O–H groups in total. The van der Waals surface area contributed by atoms with E-state index in [2.05, 4.69) is 33.8 Å². The maximum absolute atomic E-state index is 9.72. The predicted molar refractivity (Wildman–Crippen MR) is 54.1 cm³/mol. The Bertz CT molecular complexity index is 136. The Hall–Kier alpha value is -0.300. The largest absolute Gasteiger partial charge is 0.388 e. The van der Waals surface area contributed by atoms with Crippen LogP contribution >= 0.6 is 0 Å². The van der Waals surface area contributed by atoms with Crippen molar-refractivity contribution in [2.24, 2.45) is 5.41 Å². The lowest BCUT2D eigenvalue weighted by atomic mass is 9.83. The molecule has 1 atom stereocenters. The third kappa shape index (κ3) is 3.91. The smallest absolute Gasteiger partial charge is 0.0771 e. The van der Waals surface area contributed by atoms with Gasteiger partial charge in [-0.2, -0.15) is 0 Å². The van der Waals surface area contributed by atoms with Crippen LogP contribution in [0.2, 0.25) is 0 Å². The summed E-state index contributed by atoms with van der Waals surface area (Å²) in [7, 11) is 0. The highest BCUT2D eigenvalue weighted by atomic mass is 16.3. The molecule has 1 unspecified atom stereocenters. The lowest BCUT2D eigenvalue weighted by Gasteiger charge is -2.26. The summed E-state index contributed by atoms with van der Waals surface area (Å²) < 4.78 is 0. The zero-order chi connectivity index (χ0) is 9.61. The Morgan fingerprint density at radius 2 is 1.92 bits per heavy atom. The second-order valence-electron chi connectivity index (χ2n) is 4.00. The Labute approximate surface area is 76.5 Å². The van der Waals surface area contributed by atoms with E-state index in [0.717, 1.165) is 19.3 Å². The molecule has 0 aliphatic carbocycles. The van der Waals surface area contributed by atoms with E-state index >= 15 is 0 Å². The van der Waals surface area contributed by atoms with Crippen LogP contribution in [0.1, 0.15) is 47.0 Å². The van der Waals surface area contributed by atoms with Crippen LogP contribution in [0.3, 0.4) is 0 Å². The summed E-state index contributed by atoms with van der Waals surface area (Å²) in [6.07, 6.45) is 6.92. The summed E-state index contributed by atoms with van der Waals surface area (Å²) in [5.74, 6) is 0. The van der Waals surface area contributed by atoms with Crippen LogP contribution < -0.4 is 0 Å². The molecule has 0 aliphatic rings. The third-order valence-corrected chi connectivity index (χ3v) is 2.49. The average Bonchev–Trinajstić information content (AvgIpc) is 2.05. The molecule has 72 valence electrons. The van der Waals surface area contributed by atoms with Gasteiger partial charge in [-0.3, -0.25) is 0 Å². The monoisotopic (exact) mass is 170 g/mol. The molecule has 12 heavy (non-hydrogen) atoms. The highest BCUT2D eigenvalue weighted by Crippen LogP contribution is 2.25. The lowest BCUT2D eigenvalue weighted by molar-refractivity contribution is 0.0874. The quantitative estimate of drug-likeness (QED) is 0.628. The molecule has 0 fully saturated rings. The zero-order valence-electron chi connectivity index (χ0n) is 8.80. The molecule has 0 rings (SSSR count). The van der Waals surface area contributed by atoms with Crippen molar-refractivity contribution < 1.29 is 5.11 Å². The van der Waals surface area contributed by atoms with Gasteiger partial charge in [0.1, 0.15) is 0 Å². The molecule has 1 nitrogen and oxygen atoms in total. The molecular formula is C11H22O. The van der Waals surface area contributed by atoms with Crippen molar-refractivity contribution in [3.8, 4) is 0 Å². The van der Waals surface area contributed by atoms with Gasteiger partial charge in [0, 0.05) is 0 Å². The van der Waals surface area contributed by atoms with Gasteiger partial charge in [0.05, 0.1) is 6.10 Å². The van der Waals surface area contributed by atoms with Gasteiger partial charge in [-0.15, -0.1) is 0 Å². The molecule has 0 aliphatic heterocycles. The second kappa shape index (κ2) is 5.36. The topological polar surface area (TPSA) is 20.2 Å². The van der Waals surface area contributed by atoms with E-state index < -0.39 is 0 Å². The standard InChI is InChI=1S/C11H22O/c1-5-7-8-9-10(12)11(3,4)6-2/h8-10,12H,5-7H2,1-4H3/b9-8+. The van der Waals surface area contributed by atoms with Gasteiger partial charge in [-0.1, -0.05) is 46.3 Å². The first-order valence-corrected chi connectivity index (χ1v) is 4.89. The fourth-order valence-corrected chi connectivity index (χ4v) is 0.861. The Morgan fingerprint density at radius 3 is 2.33 bits per heavy atom. The minimum absolute atomic E-state index is 0.0181. The predicted octanol–water partition coefficient (Wildman–Crippen LogP) is 3.14. The summed E-state index contributed by atoms with van der Waals surface area (Å²) in [6, 6.07) is 0. The van der Waals surface area contributed by atoms with E-state index in [0.29, 0.717) is 0 Å².